The van der Waals surface area contributed by atoms with E-state index >= 15 is 0 Å². The quantitative estimate of drug-likeness (QED) is 0.864. The summed E-state index contributed by atoms with van der Waals surface area (Å²) >= 11 is 0. The van der Waals surface area contributed by atoms with Crippen LogP contribution in [0.4, 0.5) is 0 Å². The fourth-order valence-electron chi connectivity index (χ4n) is 2.92. The maximum atomic E-state index is 6.05. The number of ether oxygens (including phenoxy) is 1. The summed E-state index contributed by atoms with van der Waals surface area (Å²) in [6.45, 7) is 11.5. The zero-order chi connectivity index (χ0) is 14.4. The Morgan fingerprint density at radius 1 is 1.50 bits per heavy atom. The second kappa shape index (κ2) is 7.72. The van der Waals surface area contributed by atoms with Crippen LogP contribution >= 0.6 is 0 Å². The van der Waals surface area contributed by atoms with E-state index in [0.717, 1.165) is 32.8 Å². The van der Waals surface area contributed by atoms with Crippen molar-refractivity contribution in [2.24, 2.45) is 0 Å². The zero-order valence-electron chi connectivity index (χ0n) is 12.9. The number of rotatable bonds is 6. The molecular formula is C16H27N3O. The summed E-state index contributed by atoms with van der Waals surface area (Å²) in [6.07, 6.45) is 5.24. The maximum absolute atomic E-state index is 6.05. The fraction of sp³-hybridized carbons (Fsp3) is 0.688. The molecule has 1 N–H and O–H groups in total. The molecule has 2 heterocycles. The van der Waals surface area contributed by atoms with Crippen molar-refractivity contribution in [1.82, 2.24) is 15.2 Å². The summed E-state index contributed by atoms with van der Waals surface area (Å²) in [5.41, 5.74) is 2.54. The Morgan fingerprint density at radius 3 is 3.05 bits per heavy atom. The van der Waals surface area contributed by atoms with Gasteiger partial charge < -0.3 is 10.1 Å². The molecule has 1 aliphatic rings. The highest BCUT2D eigenvalue weighted by molar-refractivity contribution is 5.26. The normalized spacial score (nSPS) is 21.9. The van der Waals surface area contributed by atoms with Crippen molar-refractivity contribution in [2.45, 2.75) is 39.3 Å². The molecule has 0 radical (unpaired) electrons. The molecule has 1 aromatic rings. The van der Waals surface area contributed by atoms with Crippen LogP contribution in [0.1, 0.15) is 37.4 Å². The number of nitrogens with zero attached hydrogens (tertiary/aromatic N) is 2. The van der Waals surface area contributed by atoms with Gasteiger partial charge in [0.2, 0.25) is 0 Å². The van der Waals surface area contributed by atoms with E-state index in [0.29, 0.717) is 0 Å². The Labute approximate surface area is 122 Å². The van der Waals surface area contributed by atoms with Gasteiger partial charge in [0.25, 0.3) is 0 Å². The third-order valence-corrected chi connectivity index (χ3v) is 3.93. The lowest BCUT2D eigenvalue weighted by atomic mass is 9.97. The van der Waals surface area contributed by atoms with Gasteiger partial charge in [0.15, 0.2) is 0 Å². The number of likely N-dealkylation sites (N-methyl/N-ethyl adjacent to an activating group) is 1. The first-order chi connectivity index (χ1) is 9.76. The third-order valence-electron chi connectivity index (χ3n) is 3.93. The lowest BCUT2D eigenvalue weighted by Crippen LogP contribution is -2.48. The smallest absolute Gasteiger partial charge is 0.0897 e. The number of morpholine rings is 1. The van der Waals surface area contributed by atoms with Crippen LogP contribution in [0.2, 0.25) is 0 Å². The van der Waals surface area contributed by atoms with Gasteiger partial charge in [-0.25, -0.2) is 0 Å². The van der Waals surface area contributed by atoms with Crippen LogP contribution in [0.5, 0.6) is 0 Å². The highest BCUT2D eigenvalue weighted by Crippen LogP contribution is 2.24. The first kappa shape index (κ1) is 15.4. The van der Waals surface area contributed by atoms with E-state index in [9.17, 15) is 0 Å². The molecule has 1 fully saturated rings. The molecular weight excluding hydrogens is 250 g/mol. The molecule has 2 unspecified atom stereocenters. The Kier molecular flexibility index (Phi) is 5.95. The van der Waals surface area contributed by atoms with Gasteiger partial charge in [0.05, 0.1) is 18.8 Å². The molecule has 1 saturated heterocycles. The molecule has 0 saturated carbocycles. The molecule has 1 aromatic heterocycles. The van der Waals surface area contributed by atoms with E-state index < -0.39 is 0 Å². The minimum absolute atomic E-state index is 0.207. The van der Waals surface area contributed by atoms with Crippen molar-refractivity contribution in [3.8, 4) is 0 Å². The Morgan fingerprint density at radius 2 is 2.35 bits per heavy atom. The van der Waals surface area contributed by atoms with E-state index in [-0.39, 0.29) is 12.1 Å². The summed E-state index contributed by atoms with van der Waals surface area (Å²) in [7, 11) is 0. The standard InChI is InChI=1S/C16H27N3O/c1-4-8-19-9-10-20-15(12-19)16(18-5-2)14-11-17-7-6-13(14)3/h6-7,11,15-16,18H,4-5,8-10,12H2,1-3H3. The number of hydrogen-bond acceptors (Lipinski definition) is 4. The molecule has 0 aliphatic carbocycles. The SMILES string of the molecule is CCCN1CCOC(C(NCC)c2cnccc2C)C1. The Balaban J connectivity index is 2.13. The van der Waals surface area contributed by atoms with Crippen LogP contribution in [0.3, 0.4) is 0 Å². The van der Waals surface area contributed by atoms with Gasteiger partial charge in [0, 0.05) is 25.5 Å². The van der Waals surface area contributed by atoms with Crippen LogP contribution in [-0.2, 0) is 4.74 Å². The van der Waals surface area contributed by atoms with E-state index in [1.54, 1.807) is 0 Å². The Bertz CT molecular complexity index is 408. The van der Waals surface area contributed by atoms with E-state index in [1.807, 2.05) is 12.4 Å². The monoisotopic (exact) mass is 277 g/mol. The highest BCUT2D eigenvalue weighted by atomic mass is 16.5. The van der Waals surface area contributed by atoms with Crippen LogP contribution < -0.4 is 5.32 Å². The van der Waals surface area contributed by atoms with Crippen molar-refractivity contribution in [3.63, 3.8) is 0 Å². The zero-order valence-corrected chi connectivity index (χ0v) is 12.9. The van der Waals surface area contributed by atoms with Crippen molar-refractivity contribution in [1.29, 1.82) is 0 Å². The molecule has 0 bridgehead atoms. The lowest BCUT2D eigenvalue weighted by Gasteiger charge is -2.37. The first-order valence-electron chi connectivity index (χ1n) is 7.74. The van der Waals surface area contributed by atoms with Gasteiger partial charge >= 0.3 is 0 Å². The number of aromatic nitrogens is 1. The first-order valence-corrected chi connectivity index (χ1v) is 7.74. The van der Waals surface area contributed by atoms with Crippen molar-refractivity contribution in [3.05, 3.63) is 29.6 Å². The molecule has 2 rings (SSSR count). The minimum atomic E-state index is 0.207. The summed E-state index contributed by atoms with van der Waals surface area (Å²) in [5.74, 6) is 0. The fourth-order valence-corrected chi connectivity index (χ4v) is 2.92. The summed E-state index contributed by atoms with van der Waals surface area (Å²) in [4.78, 5) is 6.79. The number of pyridine rings is 1. The predicted molar refractivity (Wildman–Crippen MR) is 81.9 cm³/mol. The number of hydrogen-bond donors (Lipinski definition) is 1. The second-order valence-electron chi connectivity index (χ2n) is 5.48. The van der Waals surface area contributed by atoms with Crippen LogP contribution in [0.25, 0.3) is 0 Å². The van der Waals surface area contributed by atoms with Gasteiger partial charge in [0.1, 0.15) is 0 Å². The van der Waals surface area contributed by atoms with E-state index in [4.69, 9.17) is 4.74 Å². The van der Waals surface area contributed by atoms with E-state index in [1.165, 1.54) is 17.5 Å². The molecule has 2 atom stereocenters. The summed E-state index contributed by atoms with van der Waals surface area (Å²) in [5, 5.41) is 3.58. The highest BCUT2D eigenvalue weighted by Gasteiger charge is 2.29. The van der Waals surface area contributed by atoms with E-state index in [2.05, 4.69) is 42.0 Å². The van der Waals surface area contributed by atoms with Crippen molar-refractivity contribution in [2.75, 3.05) is 32.8 Å². The molecule has 4 nitrogen and oxygen atoms in total. The molecule has 0 aromatic carbocycles. The molecule has 20 heavy (non-hydrogen) atoms. The van der Waals surface area contributed by atoms with Gasteiger partial charge in [-0.2, -0.15) is 0 Å². The van der Waals surface area contributed by atoms with Gasteiger partial charge in [-0.1, -0.05) is 13.8 Å². The van der Waals surface area contributed by atoms with Crippen molar-refractivity contribution < 1.29 is 4.74 Å². The van der Waals surface area contributed by atoms with Crippen LogP contribution in [0.15, 0.2) is 18.5 Å². The van der Waals surface area contributed by atoms with Gasteiger partial charge in [-0.15, -0.1) is 0 Å². The average molecular weight is 277 g/mol. The second-order valence-corrected chi connectivity index (χ2v) is 5.48. The third kappa shape index (κ3) is 3.78. The van der Waals surface area contributed by atoms with Crippen LogP contribution in [0, 0.1) is 6.92 Å². The largest absolute Gasteiger partial charge is 0.374 e. The molecule has 0 spiro atoms. The number of aryl methyl sites for hydroxylation is 1. The number of nitrogens with one attached hydrogen (secondary N) is 1. The lowest BCUT2D eigenvalue weighted by molar-refractivity contribution is -0.0469. The maximum Gasteiger partial charge on any atom is 0.0897 e. The van der Waals surface area contributed by atoms with Crippen LogP contribution in [-0.4, -0.2) is 48.8 Å². The predicted octanol–water partition coefficient (Wildman–Crippen LogP) is 2.15. The molecule has 4 heteroatoms. The average Bonchev–Trinajstić information content (AvgIpc) is 2.46. The van der Waals surface area contributed by atoms with Crippen molar-refractivity contribution >= 4 is 0 Å². The Hall–Kier alpha value is -0.970. The summed E-state index contributed by atoms with van der Waals surface area (Å²) in [6, 6.07) is 2.31. The minimum Gasteiger partial charge on any atom is -0.374 e. The van der Waals surface area contributed by atoms with Gasteiger partial charge in [-0.05, 0) is 43.6 Å². The topological polar surface area (TPSA) is 37.4 Å². The molecule has 0 amide bonds. The molecule has 1 aliphatic heterocycles. The summed E-state index contributed by atoms with van der Waals surface area (Å²) < 4.78 is 6.05. The molecule has 112 valence electrons. The van der Waals surface area contributed by atoms with Gasteiger partial charge in [-0.3, -0.25) is 9.88 Å².